The maximum atomic E-state index is 12.9. The van der Waals surface area contributed by atoms with Crippen LogP contribution < -0.4 is 10.6 Å². The lowest BCUT2D eigenvalue weighted by atomic mass is 10.0. The zero-order chi connectivity index (χ0) is 22.2. The zero-order valence-electron chi connectivity index (χ0n) is 17.5. The van der Waals surface area contributed by atoms with Gasteiger partial charge >= 0.3 is 6.09 Å². The summed E-state index contributed by atoms with van der Waals surface area (Å²) in [6, 6.07) is 16.5. The van der Waals surface area contributed by atoms with E-state index in [1.165, 1.54) is 0 Å². The minimum atomic E-state index is -0.778. The molecule has 0 radical (unpaired) electrons. The molecule has 0 aliphatic carbocycles. The Hall–Kier alpha value is -4.07. The normalized spacial score (nSPS) is 11.8. The van der Waals surface area contributed by atoms with Crippen molar-refractivity contribution in [3.63, 3.8) is 0 Å². The van der Waals surface area contributed by atoms with Gasteiger partial charge in [-0.2, -0.15) is 0 Å². The van der Waals surface area contributed by atoms with Crippen LogP contribution in [0.3, 0.4) is 0 Å². The highest BCUT2D eigenvalue weighted by Gasteiger charge is 2.23. The van der Waals surface area contributed by atoms with E-state index in [1.807, 2.05) is 60.8 Å². The number of fused-ring (bicyclic) bond motifs is 1. The monoisotopic (exact) mass is 431 g/mol. The van der Waals surface area contributed by atoms with Crippen LogP contribution >= 0.6 is 0 Å². The van der Waals surface area contributed by atoms with Crippen LogP contribution in [0.4, 0.5) is 4.79 Å². The maximum Gasteiger partial charge on any atom is 0.408 e. The van der Waals surface area contributed by atoms with Crippen LogP contribution in [0.5, 0.6) is 0 Å². The predicted octanol–water partition coefficient (Wildman–Crippen LogP) is 3.09. The smallest absolute Gasteiger partial charge is 0.408 e. The van der Waals surface area contributed by atoms with Gasteiger partial charge in [-0.15, -0.1) is 0 Å². The largest absolute Gasteiger partial charge is 0.445 e. The molecule has 4 N–H and O–H groups in total. The van der Waals surface area contributed by atoms with Crippen molar-refractivity contribution in [2.24, 2.45) is 0 Å². The molecule has 0 spiro atoms. The highest BCUT2D eigenvalue weighted by molar-refractivity contribution is 5.88. The van der Waals surface area contributed by atoms with Crippen LogP contribution in [-0.2, 0) is 29.0 Å². The SMILES string of the molecule is O=C(N[C@@H](Cc1c[nH]c2ccccc12)C(=O)NCCc1cnc[nH]1)OCc1ccccc1. The highest BCUT2D eigenvalue weighted by Crippen LogP contribution is 2.19. The van der Waals surface area contributed by atoms with Gasteiger partial charge in [0.1, 0.15) is 12.6 Å². The first-order chi connectivity index (χ1) is 15.7. The standard InChI is InChI=1S/C24H25N5O3/c30-23(26-11-10-19-14-25-16-28-19)22(12-18-13-27-21-9-5-4-8-20(18)21)29-24(31)32-15-17-6-2-1-3-7-17/h1-9,13-14,16,22,27H,10-12,15H2,(H,25,28)(H,26,30)(H,29,31)/t22-/m0/s1. The average Bonchev–Trinajstić information content (AvgIpc) is 3.48. The molecule has 0 unspecified atom stereocenters. The Bertz CT molecular complexity index is 1150. The topological polar surface area (TPSA) is 112 Å². The summed E-state index contributed by atoms with van der Waals surface area (Å²) in [5, 5.41) is 6.64. The second-order valence-corrected chi connectivity index (χ2v) is 7.44. The minimum absolute atomic E-state index is 0.133. The fourth-order valence-electron chi connectivity index (χ4n) is 3.50. The predicted molar refractivity (Wildman–Crippen MR) is 121 cm³/mol. The van der Waals surface area contributed by atoms with E-state index in [2.05, 4.69) is 25.6 Å². The molecule has 0 aliphatic heterocycles. The molecule has 2 aromatic heterocycles. The molecule has 0 aliphatic rings. The number of aromatic nitrogens is 3. The van der Waals surface area contributed by atoms with Crippen LogP contribution in [0, 0.1) is 0 Å². The van der Waals surface area contributed by atoms with Crippen molar-refractivity contribution in [1.29, 1.82) is 0 Å². The fraction of sp³-hybridized carbons (Fsp3) is 0.208. The summed E-state index contributed by atoms with van der Waals surface area (Å²) in [7, 11) is 0. The molecule has 4 rings (SSSR count). The van der Waals surface area contributed by atoms with Crippen molar-refractivity contribution in [2.45, 2.75) is 25.5 Å². The molecule has 0 bridgehead atoms. The van der Waals surface area contributed by atoms with Gasteiger partial charge in [0.05, 0.1) is 6.33 Å². The number of alkyl carbamates (subject to hydrolysis) is 1. The Morgan fingerprint density at radius 3 is 2.66 bits per heavy atom. The van der Waals surface area contributed by atoms with E-state index in [-0.39, 0.29) is 12.5 Å². The number of aromatic amines is 2. The number of carbonyl (C=O) groups is 2. The third-order valence-corrected chi connectivity index (χ3v) is 5.17. The van der Waals surface area contributed by atoms with Gasteiger partial charge < -0.3 is 25.3 Å². The average molecular weight is 431 g/mol. The van der Waals surface area contributed by atoms with E-state index in [0.717, 1.165) is 27.7 Å². The lowest BCUT2D eigenvalue weighted by Gasteiger charge is -2.18. The second-order valence-electron chi connectivity index (χ2n) is 7.44. The summed E-state index contributed by atoms with van der Waals surface area (Å²) < 4.78 is 5.33. The van der Waals surface area contributed by atoms with Crippen LogP contribution in [0.2, 0.25) is 0 Å². The Labute approximate surface area is 185 Å². The van der Waals surface area contributed by atoms with Crippen LogP contribution in [0.1, 0.15) is 16.8 Å². The molecular formula is C24H25N5O3. The molecule has 0 saturated carbocycles. The van der Waals surface area contributed by atoms with Crippen LogP contribution in [0.15, 0.2) is 73.3 Å². The number of H-pyrrole nitrogens is 2. The van der Waals surface area contributed by atoms with Gasteiger partial charge in [0, 0.05) is 48.4 Å². The molecule has 2 amide bonds. The van der Waals surface area contributed by atoms with Gasteiger partial charge in [0.15, 0.2) is 0 Å². The fourth-order valence-corrected chi connectivity index (χ4v) is 3.50. The summed E-state index contributed by atoms with van der Waals surface area (Å²) in [4.78, 5) is 35.6. The van der Waals surface area contributed by atoms with Crippen LogP contribution in [0.25, 0.3) is 10.9 Å². The number of nitrogens with zero attached hydrogens (tertiary/aromatic N) is 1. The van der Waals surface area contributed by atoms with Gasteiger partial charge in [-0.05, 0) is 17.2 Å². The van der Waals surface area contributed by atoms with Gasteiger partial charge in [-0.25, -0.2) is 9.78 Å². The van der Waals surface area contributed by atoms with Gasteiger partial charge in [-0.3, -0.25) is 4.79 Å². The first-order valence-corrected chi connectivity index (χ1v) is 10.5. The number of nitrogens with one attached hydrogen (secondary N) is 4. The Morgan fingerprint density at radius 2 is 1.84 bits per heavy atom. The molecular weight excluding hydrogens is 406 g/mol. The van der Waals surface area contributed by atoms with Crippen molar-refractivity contribution in [2.75, 3.05) is 6.54 Å². The van der Waals surface area contributed by atoms with Crippen LogP contribution in [-0.4, -0.2) is 39.5 Å². The summed E-state index contributed by atoms with van der Waals surface area (Å²) in [6.45, 7) is 0.556. The molecule has 32 heavy (non-hydrogen) atoms. The van der Waals surface area contributed by atoms with Gasteiger partial charge in [-0.1, -0.05) is 48.5 Å². The first-order valence-electron chi connectivity index (χ1n) is 10.5. The molecule has 8 nitrogen and oxygen atoms in total. The van der Waals surface area contributed by atoms with Gasteiger partial charge in [0.25, 0.3) is 0 Å². The van der Waals surface area contributed by atoms with E-state index in [9.17, 15) is 9.59 Å². The number of hydrogen-bond donors (Lipinski definition) is 4. The maximum absolute atomic E-state index is 12.9. The van der Waals surface area contributed by atoms with Crippen molar-refractivity contribution >= 4 is 22.9 Å². The first kappa shape index (κ1) is 21.2. The molecule has 2 heterocycles. The van der Waals surface area contributed by atoms with Crippen molar-refractivity contribution < 1.29 is 14.3 Å². The number of para-hydroxylation sites is 1. The highest BCUT2D eigenvalue weighted by atomic mass is 16.5. The van der Waals surface area contributed by atoms with E-state index >= 15 is 0 Å². The molecule has 0 saturated heterocycles. The number of carbonyl (C=O) groups excluding carboxylic acids is 2. The molecule has 4 aromatic rings. The Morgan fingerprint density at radius 1 is 1.03 bits per heavy atom. The van der Waals surface area contributed by atoms with Crippen molar-refractivity contribution in [1.82, 2.24) is 25.6 Å². The number of imidazole rings is 1. The third kappa shape index (κ3) is 5.54. The Kier molecular flexibility index (Phi) is 6.81. The van der Waals surface area contributed by atoms with E-state index in [4.69, 9.17) is 4.74 Å². The van der Waals surface area contributed by atoms with Gasteiger partial charge in [0.2, 0.25) is 5.91 Å². The van der Waals surface area contributed by atoms with Crippen molar-refractivity contribution in [3.05, 3.63) is 90.1 Å². The third-order valence-electron chi connectivity index (χ3n) is 5.17. The summed E-state index contributed by atoms with van der Waals surface area (Å²) in [5.41, 5.74) is 3.72. The molecule has 2 aromatic carbocycles. The Balaban J connectivity index is 1.41. The molecule has 8 heteroatoms. The number of benzene rings is 2. The summed E-state index contributed by atoms with van der Waals surface area (Å²) in [6.07, 6.45) is 5.50. The minimum Gasteiger partial charge on any atom is -0.445 e. The second kappa shape index (κ2) is 10.3. The van der Waals surface area contributed by atoms with Crippen molar-refractivity contribution in [3.8, 4) is 0 Å². The van der Waals surface area contributed by atoms with E-state index in [1.54, 1.807) is 12.5 Å². The summed E-state index contributed by atoms with van der Waals surface area (Å²) >= 11 is 0. The lowest BCUT2D eigenvalue weighted by Crippen LogP contribution is -2.48. The lowest BCUT2D eigenvalue weighted by molar-refractivity contribution is -0.123. The zero-order valence-corrected chi connectivity index (χ0v) is 17.5. The number of rotatable bonds is 9. The number of hydrogen-bond acceptors (Lipinski definition) is 4. The molecule has 0 fully saturated rings. The number of ether oxygens (including phenoxy) is 1. The molecule has 164 valence electrons. The molecule has 1 atom stereocenters. The quantitative estimate of drug-likeness (QED) is 0.326. The summed E-state index contributed by atoms with van der Waals surface area (Å²) in [5.74, 6) is -0.272. The van der Waals surface area contributed by atoms with E-state index in [0.29, 0.717) is 19.4 Å². The number of amides is 2. The van der Waals surface area contributed by atoms with E-state index < -0.39 is 12.1 Å².